The molecule has 0 unspecified atom stereocenters. The van der Waals surface area contributed by atoms with Crippen LogP contribution in [0.25, 0.3) is 0 Å². The molecule has 0 aliphatic carbocycles. The molecule has 0 aromatic heterocycles. The molecule has 0 heterocycles. The molecule has 0 saturated heterocycles. The van der Waals surface area contributed by atoms with Gasteiger partial charge >= 0.3 is 6.09 Å². The van der Waals surface area contributed by atoms with Gasteiger partial charge in [0.2, 0.25) is 0 Å². The number of rotatable bonds is 4. The van der Waals surface area contributed by atoms with Gasteiger partial charge in [-0.25, -0.2) is 4.79 Å². The number of aliphatic hydroxyl groups excluding tert-OH is 1. The monoisotopic (exact) mass is 205 g/mol. The number of amides is 1. The number of hydrogen-bond donors (Lipinski definition) is 2. The standard InChI is InChI=1S/C9H19NO4/c1-9(2,3)14-8(12)10-5-7(11)6-13-4/h7,11H,5-6H2,1-4H3,(H,10,12)/t7-/m0/s1. The summed E-state index contributed by atoms with van der Waals surface area (Å²) in [5.74, 6) is 0. The molecule has 2 N–H and O–H groups in total. The first-order chi connectivity index (χ1) is 6.35. The fourth-order valence-electron chi connectivity index (χ4n) is 0.767. The highest BCUT2D eigenvalue weighted by molar-refractivity contribution is 5.67. The van der Waals surface area contributed by atoms with E-state index in [2.05, 4.69) is 5.32 Å². The van der Waals surface area contributed by atoms with Gasteiger partial charge in [-0.05, 0) is 20.8 Å². The van der Waals surface area contributed by atoms with Gasteiger partial charge in [0.05, 0.1) is 12.7 Å². The molecule has 84 valence electrons. The van der Waals surface area contributed by atoms with E-state index in [0.29, 0.717) is 0 Å². The number of methoxy groups -OCH3 is 1. The molecule has 1 atom stereocenters. The summed E-state index contributed by atoms with van der Waals surface area (Å²) in [6, 6.07) is 0. The smallest absolute Gasteiger partial charge is 0.407 e. The molecule has 0 aromatic rings. The minimum absolute atomic E-state index is 0.128. The number of nitrogens with one attached hydrogen (secondary N) is 1. The second-order valence-corrected chi connectivity index (χ2v) is 3.99. The van der Waals surface area contributed by atoms with Crippen molar-refractivity contribution in [2.75, 3.05) is 20.3 Å². The SMILES string of the molecule is COC[C@@H](O)CNC(=O)OC(C)(C)C. The average Bonchev–Trinajstić information content (AvgIpc) is 1.98. The molecule has 14 heavy (non-hydrogen) atoms. The fourth-order valence-corrected chi connectivity index (χ4v) is 0.767. The van der Waals surface area contributed by atoms with Gasteiger partial charge in [-0.3, -0.25) is 0 Å². The molecule has 1 amide bonds. The third kappa shape index (κ3) is 7.82. The van der Waals surface area contributed by atoms with Gasteiger partial charge in [0.1, 0.15) is 5.60 Å². The predicted molar refractivity (Wildman–Crippen MR) is 52.1 cm³/mol. The highest BCUT2D eigenvalue weighted by Gasteiger charge is 2.16. The Morgan fingerprint density at radius 1 is 1.50 bits per heavy atom. The first-order valence-corrected chi connectivity index (χ1v) is 4.49. The molecule has 5 heteroatoms. The molecular formula is C9H19NO4. The second kappa shape index (κ2) is 5.82. The van der Waals surface area contributed by atoms with E-state index in [0.717, 1.165) is 0 Å². The van der Waals surface area contributed by atoms with Gasteiger partial charge in [-0.1, -0.05) is 0 Å². The molecule has 0 aliphatic rings. The number of carbonyl (C=O) groups is 1. The largest absolute Gasteiger partial charge is 0.444 e. The number of alkyl carbamates (subject to hydrolysis) is 1. The second-order valence-electron chi connectivity index (χ2n) is 3.99. The van der Waals surface area contributed by atoms with Crippen LogP contribution in [0.4, 0.5) is 4.79 Å². The van der Waals surface area contributed by atoms with Crippen molar-refractivity contribution in [1.29, 1.82) is 0 Å². The first kappa shape index (κ1) is 13.2. The highest BCUT2D eigenvalue weighted by Crippen LogP contribution is 2.06. The summed E-state index contributed by atoms with van der Waals surface area (Å²) in [7, 11) is 1.48. The zero-order valence-electron chi connectivity index (χ0n) is 9.16. The van der Waals surface area contributed by atoms with Crippen molar-refractivity contribution in [3.05, 3.63) is 0 Å². The summed E-state index contributed by atoms with van der Waals surface area (Å²) < 4.78 is 9.66. The molecule has 5 nitrogen and oxygen atoms in total. The Morgan fingerprint density at radius 2 is 2.07 bits per heavy atom. The lowest BCUT2D eigenvalue weighted by Crippen LogP contribution is -2.38. The Hall–Kier alpha value is -0.810. The Balaban J connectivity index is 3.64. The summed E-state index contributed by atoms with van der Waals surface area (Å²) in [6.45, 7) is 5.65. The summed E-state index contributed by atoms with van der Waals surface area (Å²) in [5, 5.41) is 11.6. The maximum absolute atomic E-state index is 11.1. The van der Waals surface area contributed by atoms with Gasteiger partial charge < -0.3 is 19.9 Å². The number of ether oxygens (including phenoxy) is 2. The first-order valence-electron chi connectivity index (χ1n) is 4.49. The van der Waals surface area contributed by atoms with Gasteiger partial charge in [0.25, 0.3) is 0 Å². The van der Waals surface area contributed by atoms with E-state index in [1.807, 2.05) is 0 Å². The van der Waals surface area contributed by atoms with Crippen molar-refractivity contribution in [3.8, 4) is 0 Å². The van der Waals surface area contributed by atoms with Gasteiger partial charge in [0.15, 0.2) is 0 Å². The van der Waals surface area contributed by atoms with Crippen molar-refractivity contribution < 1.29 is 19.4 Å². The Labute approximate surface area is 84.4 Å². The summed E-state index contributed by atoms with van der Waals surface area (Å²) >= 11 is 0. The summed E-state index contributed by atoms with van der Waals surface area (Å²) in [4.78, 5) is 11.1. The third-order valence-corrected chi connectivity index (χ3v) is 1.24. The number of hydrogen-bond acceptors (Lipinski definition) is 4. The molecule has 0 spiro atoms. The van der Waals surface area contributed by atoms with Gasteiger partial charge in [0, 0.05) is 13.7 Å². The van der Waals surface area contributed by atoms with Crippen LogP contribution in [0.5, 0.6) is 0 Å². The molecule has 0 saturated carbocycles. The van der Waals surface area contributed by atoms with E-state index in [-0.39, 0.29) is 13.2 Å². The van der Waals surface area contributed by atoms with Crippen LogP contribution in [0.2, 0.25) is 0 Å². The predicted octanol–water partition coefficient (Wildman–Crippen LogP) is 0.518. The van der Waals surface area contributed by atoms with Crippen LogP contribution in [0.15, 0.2) is 0 Å². The Kier molecular flexibility index (Phi) is 5.49. The van der Waals surface area contributed by atoms with E-state index in [9.17, 15) is 9.90 Å². The van der Waals surface area contributed by atoms with Crippen LogP contribution in [0, 0.1) is 0 Å². The lowest BCUT2D eigenvalue weighted by atomic mass is 10.2. The van der Waals surface area contributed by atoms with E-state index >= 15 is 0 Å². The molecular weight excluding hydrogens is 186 g/mol. The molecule has 0 rings (SSSR count). The van der Waals surface area contributed by atoms with Crippen molar-refractivity contribution in [2.24, 2.45) is 0 Å². The minimum atomic E-state index is -0.701. The van der Waals surface area contributed by atoms with Gasteiger partial charge in [-0.15, -0.1) is 0 Å². The van der Waals surface area contributed by atoms with Crippen molar-refractivity contribution >= 4 is 6.09 Å². The van der Waals surface area contributed by atoms with Crippen LogP contribution >= 0.6 is 0 Å². The van der Waals surface area contributed by atoms with Crippen LogP contribution in [-0.2, 0) is 9.47 Å². The van der Waals surface area contributed by atoms with Gasteiger partial charge in [-0.2, -0.15) is 0 Å². The Bertz CT molecular complexity index is 176. The van der Waals surface area contributed by atoms with E-state index < -0.39 is 17.8 Å². The van der Waals surface area contributed by atoms with E-state index in [1.54, 1.807) is 20.8 Å². The molecule has 0 fully saturated rings. The molecule has 0 aliphatic heterocycles. The Morgan fingerprint density at radius 3 is 2.50 bits per heavy atom. The van der Waals surface area contributed by atoms with Crippen LogP contribution < -0.4 is 5.32 Å². The highest BCUT2D eigenvalue weighted by atomic mass is 16.6. The maximum Gasteiger partial charge on any atom is 0.407 e. The van der Waals surface area contributed by atoms with Crippen LogP contribution in [-0.4, -0.2) is 43.2 Å². The molecule has 0 bridgehead atoms. The van der Waals surface area contributed by atoms with Crippen molar-refractivity contribution in [1.82, 2.24) is 5.32 Å². The van der Waals surface area contributed by atoms with Crippen molar-refractivity contribution in [2.45, 2.75) is 32.5 Å². The van der Waals surface area contributed by atoms with E-state index in [1.165, 1.54) is 7.11 Å². The summed E-state index contributed by atoms with van der Waals surface area (Å²) in [6.07, 6.45) is -1.24. The summed E-state index contributed by atoms with van der Waals surface area (Å²) in [5.41, 5.74) is -0.518. The average molecular weight is 205 g/mol. The molecule has 0 aromatic carbocycles. The van der Waals surface area contributed by atoms with Crippen molar-refractivity contribution in [3.63, 3.8) is 0 Å². The van der Waals surface area contributed by atoms with E-state index in [4.69, 9.17) is 9.47 Å². The zero-order valence-corrected chi connectivity index (χ0v) is 9.16. The fraction of sp³-hybridized carbons (Fsp3) is 0.889. The normalized spacial score (nSPS) is 13.5. The molecule has 0 radical (unpaired) electrons. The number of carbonyl (C=O) groups excluding carboxylic acids is 1. The lowest BCUT2D eigenvalue weighted by molar-refractivity contribution is 0.0398. The quantitative estimate of drug-likeness (QED) is 0.702. The third-order valence-electron chi connectivity index (χ3n) is 1.24. The zero-order chi connectivity index (χ0) is 11.2. The van der Waals surface area contributed by atoms with Crippen LogP contribution in [0.3, 0.4) is 0 Å². The maximum atomic E-state index is 11.1. The number of aliphatic hydroxyl groups is 1. The lowest BCUT2D eigenvalue weighted by Gasteiger charge is -2.20. The van der Waals surface area contributed by atoms with Crippen LogP contribution in [0.1, 0.15) is 20.8 Å². The topological polar surface area (TPSA) is 67.8 Å². The minimum Gasteiger partial charge on any atom is -0.444 e.